The topological polar surface area (TPSA) is 94.5 Å². The van der Waals surface area contributed by atoms with E-state index in [1.807, 2.05) is 20.8 Å². The molecule has 134 valence electrons. The Morgan fingerprint density at radius 1 is 1.52 bits per heavy atom. The lowest BCUT2D eigenvalue weighted by Crippen LogP contribution is -2.44. The lowest BCUT2D eigenvalue weighted by atomic mass is 9.89. The van der Waals surface area contributed by atoms with Crippen molar-refractivity contribution >= 4 is 22.6 Å². The van der Waals surface area contributed by atoms with E-state index in [1.54, 1.807) is 6.07 Å². The molecule has 1 aliphatic heterocycles. The van der Waals surface area contributed by atoms with Gasteiger partial charge in [0, 0.05) is 18.9 Å². The smallest absolute Gasteiger partial charge is 0.305 e. The Bertz CT molecular complexity index is 857. The lowest BCUT2D eigenvalue weighted by Gasteiger charge is -2.40. The zero-order valence-corrected chi connectivity index (χ0v) is 14.8. The maximum atomic E-state index is 11.8. The van der Waals surface area contributed by atoms with Crippen molar-refractivity contribution in [3.8, 4) is 0 Å². The molecule has 1 aromatic heterocycles. The van der Waals surface area contributed by atoms with Crippen LogP contribution in [0.4, 0.5) is 5.69 Å². The Hall–Kier alpha value is -2.41. The number of nitro benzene ring substituents is 1. The van der Waals surface area contributed by atoms with Crippen molar-refractivity contribution < 1.29 is 19.2 Å². The Labute approximate surface area is 145 Å². The van der Waals surface area contributed by atoms with E-state index in [1.165, 1.54) is 13.0 Å². The summed E-state index contributed by atoms with van der Waals surface area (Å²) in [5, 5.41) is 12.1. The summed E-state index contributed by atoms with van der Waals surface area (Å²) < 4.78 is 11.6. The zero-order valence-electron chi connectivity index (χ0n) is 14.8. The van der Waals surface area contributed by atoms with E-state index in [-0.39, 0.29) is 16.5 Å². The number of hydrogen-bond donors (Lipinski definition) is 1. The van der Waals surface area contributed by atoms with Gasteiger partial charge < -0.3 is 14.5 Å². The third-order valence-corrected chi connectivity index (χ3v) is 5.02. The molecule has 1 aromatic carbocycles. The SMILES string of the molecule is CCC(C)C1(OC(C)=O)OCCc2c1[nH]c1c(C)ccc([N+](=O)[O-])c21. The third kappa shape index (κ3) is 2.59. The summed E-state index contributed by atoms with van der Waals surface area (Å²) in [6.07, 6.45) is 1.25. The standard InChI is InChI=1S/C18H22N2O5/c1-5-11(3)18(25-12(4)21)17-13(8-9-24-18)15-14(20(22)23)7-6-10(2)16(15)19-17/h6-7,11,19H,5,8-9H2,1-4H3. The molecule has 2 atom stereocenters. The van der Waals surface area contributed by atoms with Gasteiger partial charge in [-0.3, -0.25) is 14.9 Å². The highest BCUT2D eigenvalue weighted by Crippen LogP contribution is 2.46. The number of carbonyl (C=O) groups is 1. The number of rotatable bonds is 4. The Morgan fingerprint density at radius 2 is 2.24 bits per heavy atom. The number of nitro groups is 1. The monoisotopic (exact) mass is 346 g/mol. The van der Waals surface area contributed by atoms with Gasteiger partial charge in [0.05, 0.1) is 28.1 Å². The molecule has 0 bridgehead atoms. The summed E-state index contributed by atoms with van der Waals surface area (Å²) >= 11 is 0. The summed E-state index contributed by atoms with van der Waals surface area (Å²) in [5.41, 5.74) is 3.08. The van der Waals surface area contributed by atoms with Gasteiger partial charge in [-0.2, -0.15) is 0 Å². The Morgan fingerprint density at radius 3 is 2.84 bits per heavy atom. The zero-order chi connectivity index (χ0) is 18.4. The number of nitrogens with one attached hydrogen (secondary N) is 1. The van der Waals surface area contributed by atoms with E-state index in [2.05, 4.69) is 4.98 Å². The predicted molar refractivity (Wildman–Crippen MR) is 92.2 cm³/mol. The Kier molecular flexibility index (Phi) is 4.28. The molecule has 0 spiro atoms. The molecule has 0 aliphatic carbocycles. The summed E-state index contributed by atoms with van der Waals surface area (Å²) in [5.74, 6) is -1.80. The molecule has 1 N–H and O–H groups in total. The van der Waals surface area contributed by atoms with Gasteiger partial charge in [0.2, 0.25) is 0 Å². The molecule has 0 saturated carbocycles. The number of hydrogen-bond acceptors (Lipinski definition) is 5. The molecular weight excluding hydrogens is 324 g/mol. The van der Waals surface area contributed by atoms with Crippen LogP contribution in [0.15, 0.2) is 12.1 Å². The molecule has 0 amide bonds. The maximum absolute atomic E-state index is 11.8. The van der Waals surface area contributed by atoms with Crippen LogP contribution < -0.4 is 0 Å². The second-order valence-corrected chi connectivity index (χ2v) is 6.56. The van der Waals surface area contributed by atoms with Crippen LogP contribution in [0.2, 0.25) is 0 Å². The third-order valence-electron chi connectivity index (χ3n) is 5.02. The summed E-state index contributed by atoms with van der Waals surface area (Å²) in [7, 11) is 0. The number of fused-ring (bicyclic) bond motifs is 3. The highest BCUT2D eigenvalue weighted by atomic mass is 16.7. The first-order chi connectivity index (χ1) is 11.8. The van der Waals surface area contributed by atoms with Gasteiger partial charge in [0.1, 0.15) is 0 Å². The van der Waals surface area contributed by atoms with Crippen LogP contribution in [0.25, 0.3) is 10.9 Å². The van der Waals surface area contributed by atoms with Crippen molar-refractivity contribution in [1.29, 1.82) is 0 Å². The average Bonchev–Trinajstić information content (AvgIpc) is 2.95. The van der Waals surface area contributed by atoms with Crippen LogP contribution >= 0.6 is 0 Å². The van der Waals surface area contributed by atoms with Gasteiger partial charge in [-0.25, -0.2) is 0 Å². The van der Waals surface area contributed by atoms with E-state index in [9.17, 15) is 14.9 Å². The van der Waals surface area contributed by atoms with Crippen LogP contribution in [0.5, 0.6) is 0 Å². The van der Waals surface area contributed by atoms with Crippen molar-refractivity contribution in [1.82, 2.24) is 4.98 Å². The highest BCUT2D eigenvalue weighted by Gasteiger charge is 2.48. The summed E-state index contributed by atoms with van der Waals surface area (Å²) in [6, 6.07) is 3.25. The van der Waals surface area contributed by atoms with Gasteiger partial charge in [-0.05, 0) is 30.9 Å². The fourth-order valence-corrected chi connectivity index (χ4v) is 3.62. The van der Waals surface area contributed by atoms with Gasteiger partial charge in [-0.1, -0.05) is 19.9 Å². The van der Waals surface area contributed by atoms with Gasteiger partial charge in [0.25, 0.3) is 11.5 Å². The minimum absolute atomic E-state index is 0.0564. The summed E-state index contributed by atoms with van der Waals surface area (Å²) in [6.45, 7) is 7.52. The van der Waals surface area contributed by atoms with Crippen LogP contribution in [0.3, 0.4) is 0 Å². The quantitative estimate of drug-likeness (QED) is 0.517. The number of H-pyrrole nitrogens is 1. The Balaban J connectivity index is 2.35. The molecule has 7 heteroatoms. The van der Waals surface area contributed by atoms with Crippen LogP contribution in [0, 0.1) is 23.0 Å². The molecule has 25 heavy (non-hydrogen) atoms. The van der Waals surface area contributed by atoms with Crippen molar-refractivity contribution in [2.24, 2.45) is 5.92 Å². The molecular formula is C18H22N2O5. The number of aryl methyl sites for hydroxylation is 1. The van der Waals surface area contributed by atoms with E-state index < -0.39 is 11.8 Å². The van der Waals surface area contributed by atoms with Gasteiger partial charge >= 0.3 is 5.97 Å². The van der Waals surface area contributed by atoms with Crippen molar-refractivity contribution in [2.75, 3.05) is 6.61 Å². The number of nitrogens with zero attached hydrogens (tertiary/aromatic N) is 1. The van der Waals surface area contributed by atoms with E-state index in [4.69, 9.17) is 9.47 Å². The number of aromatic amines is 1. The number of benzene rings is 1. The highest BCUT2D eigenvalue weighted by molar-refractivity contribution is 5.95. The van der Waals surface area contributed by atoms with Crippen molar-refractivity contribution in [2.45, 2.75) is 46.3 Å². The average molecular weight is 346 g/mol. The van der Waals surface area contributed by atoms with E-state index in [0.717, 1.165) is 17.5 Å². The van der Waals surface area contributed by atoms with Gasteiger partial charge in [-0.15, -0.1) is 0 Å². The maximum Gasteiger partial charge on any atom is 0.305 e. The first-order valence-corrected chi connectivity index (χ1v) is 8.44. The number of ether oxygens (including phenoxy) is 2. The molecule has 0 fully saturated rings. The molecule has 2 heterocycles. The molecule has 1 aliphatic rings. The first kappa shape index (κ1) is 17.4. The molecule has 3 rings (SSSR count). The first-order valence-electron chi connectivity index (χ1n) is 8.44. The van der Waals surface area contributed by atoms with Crippen LogP contribution in [-0.4, -0.2) is 22.5 Å². The van der Waals surface area contributed by atoms with E-state index in [0.29, 0.717) is 29.6 Å². The molecule has 2 unspecified atom stereocenters. The number of esters is 1. The van der Waals surface area contributed by atoms with E-state index >= 15 is 0 Å². The van der Waals surface area contributed by atoms with Crippen molar-refractivity contribution in [3.63, 3.8) is 0 Å². The largest absolute Gasteiger partial charge is 0.427 e. The number of carbonyl (C=O) groups excluding carboxylic acids is 1. The molecule has 0 saturated heterocycles. The molecule has 0 radical (unpaired) electrons. The lowest BCUT2D eigenvalue weighted by molar-refractivity contribution is -0.383. The molecule has 2 aromatic rings. The van der Waals surface area contributed by atoms with Gasteiger partial charge in [0.15, 0.2) is 0 Å². The second-order valence-electron chi connectivity index (χ2n) is 6.56. The van der Waals surface area contributed by atoms with Crippen LogP contribution in [-0.2, 0) is 26.5 Å². The fraction of sp³-hybridized carbons (Fsp3) is 0.500. The minimum Gasteiger partial charge on any atom is -0.427 e. The fourth-order valence-electron chi connectivity index (χ4n) is 3.62. The number of non-ortho nitro benzene ring substituents is 1. The normalized spacial score (nSPS) is 21.0. The second kappa shape index (κ2) is 6.15. The number of aromatic nitrogens is 1. The molecule has 7 nitrogen and oxygen atoms in total. The minimum atomic E-state index is -1.24. The van der Waals surface area contributed by atoms with Crippen molar-refractivity contribution in [3.05, 3.63) is 39.1 Å². The van der Waals surface area contributed by atoms with Crippen LogP contribution in [0.1, 0.15) is 44.0 Å². The predicted octanol–water partition coefficient (Wildman–Crippen LogP) is 3.72. The summed E-state index contributed by atoms with van der Waals surface area (Å²) in [4.78, 5) is 26.2.